The van der Waals surface area contributed by atoms with Crippen LogP contribution in [0.15, 0.2) is 18.2 Å². The minimum absolute atomic E-state index is 0.0396. The lowest BCUT2D eigenvalue weighted by Gasteiger charge is -2.23. The van der Waals surface area contributed by atoms with Gasteiger partial charge in [0.1, 0.15) is 5.82 Å². The molecule has 0 aromatic heterocycles. The molecular weight excluding hydrogens is 330 g/mol. The van der Waals surface area contributed by atoms with Gasteiger partial charge >= 0.3 is 20.4 Å². The molecule has 6 nitrogen and oxygen atoms in total. The average Bonchev–Trinajstić information content (AvgIpc) is 2.26. The van der Waals surface area contributed by atoms with Crippen LogP contribution in [0.1, 0.15) is 11.1 Å². The first kappa shape index (κ1) is 17.3. The van der Waals surface area contributed by atoms with Gasteiger partial charge in [0.05, 0.1) is 11.1 Å². The molecular formula is C8H7F4O6P2+. The molecule has 112 valence electrons. The van der Waals surface area contributed by atoms with Crippen LogP contribution in [0, 0.1) is 5.82 Å². The summed E-state index contributed by atoms with van der Waals surface area (Å²) in [5.74, 6) is -4.61. The molecule has 0 bridgehead atoms. The summed E-state index contributed by atoms with van der Waals surface area (Å²) in [6, 6.07) is 1.04. The van der Waals surface area contributed by atoms with Crippen LogP contribution in [0.2, 0.25) is 0 Å². The topological polar surface area (TPSA) is 96.2 Å². The normalized spacial score (nSPS) is 16.4. The smallest absolute Gasteiger partial charge is 0.352 e. The molecule has 0 radical (unpaired) electrons. The third-order valence-electron chi connectivity index (χ3n) is 2.01. The highest BCUT2D eigenvalue weighted by Crippen LogP contribution is 2.43. The number of halogens is 4. The highest BCUT2D eigenvalue weighted by atomic mass is 31.1. The van der Waals surface area contributed by atoms with Crippen molar-refractivity contribution in [2.45, 2.75) is 12.1 Å². The fourth-order valence-corrected chi connectivity index (χ4v) is 2.01. The van der Waals surface area contributed by atoms with Crippen LogP contribution in [0.25, 0.3) is 0 Å². The predicted molar refractivity (Wildman–Crippen MR) is 57.8 cm³/mol. The largest absolute Gasteiger partial charge is 0.700 e. The predicted octanol–water partition coefficient (Wildman–Crippen LogP) is 2.13. The van der Waals surface area contributed by atoms with Gasteiger partial charge in [0.2, 0.25) is 0 Å². The summed E-state index contributed by atoms with van der Waals surface area (Å²) in [4.78, 5) is 17.1. The van der Waals surface area contributed by atoms with Gasteiger partial charge in [-0.25, -0.2) is 4.39 Å². The molecule has 3 atom stereocenters. The molecule has 3 unspecified atom stereocenters. The molecule has 3 N–H and O–H groups in total. The maximum atomic E-state index is 12.9. The SMILES string of the molecule is O=[P+](O)OC(O)(OPO)c1ccc(F)cc1C(F)(F)F. The fourth-order valence-electron chi connectivity index (χ4n) is 1.32. The van der Waals surface area contributed by atoms with Crippen LogP contribution in [0.4, 0.5) is 17.6 Å². The van der Waals surface area contributed by atoms with Gasteiger partial charge in [0.25, 0.3) is 0 Å². The van der Waals surface area contributed by atoms with E-state index in [4.69, 9.17) is 9.79 Å². The molecule has 0 saturated carbocycles. The van der Waals surface area contributed by atoms with E-state index in [1.807, 2.05) is 0 Å². The third-order valence-corrected chi connectivity index (χ3v) is 2.78. The standard InChI is InChI=1S/C8H6F4O6P2/c9-4-1-2-5(6(3-4)7(10,11)12)8(13,17-19-14)18-20(15)16/h1-3,13-14,19H/p+1. The molecule has 0 aliphatic carbocycles. The van der Waals surface area contributed by atoms with Crippen molar-refractivity contribution in [3.8, 4) is 0 Å². The van der Waals surface area contributed by atoms with E-state index in [0.29, 0.717) is 12.1 Å². The van der Waals surface area contributed by atoms with Crippen molar-refractivity contribution in [3.63, 3.8) is 0 Å². The van der Waals surface area contributed by atoms with Gasteiger partial charge in [-0.3, -0.25) is 4.52 Å². The summed E-state index contributed by atoms with van der Waals surface area (Å²) in [6.07, 6.45) is -5.10. The Labute approximate surface area is 111 Å². The van der Waals surface area contributed by atoms with Crippen molar-refractivity contribution in [2.24, 2.45) is 0 Å². The molecule has 12 heteroatoms. The van der Waals surface area contributed by atoms with Gasteiger partial charge in [0.15, 0.2) is 9.03 Å². The molecule has 0 aliphatic heterocycles. The molecule has 1 aromatic rings. The van der Waals surface area contributed by atoms with Crippen molar-refractivity contribution in [1.82, 2.24) is 0 Å². The lowest BCUT2D eigenvalue weighted by atomic mass is 10.1. The number of alkyl halides is 3. The van der Waals surface area contributed by atoms with E-state index in [9.17, 15) is 27.2 Å². The first-order valence-corrected chi connectivity index (χ1v) is 6.60. The van der Waals surface area contributed by atoms with Crippen molar-refractivity contribution in [3.05, 3.63) is 35.1 Å². The summed E-state index contributed by atoms with van der Waals surface area (Å²) < 4.78 is 69.8. The molecule has 0 fully saturated rings. The Morgan fingerprint density at radius 3 is 2.30 bits per heavy atom. The number of benzene rings is 1. The molecule has 0 saturated heterocycles. The van der Waals surface area contributed by atoms with Crippen molar-refractivity contribution < 1.29 is 46.1 Å². The summed E-state index contributed by atoms with van der Waals surface area (Å²) in [5, 5.41) is 9.72. The second-order valence-corrected chi connectivity index (χ2v) is 4.34. The minimum Gasteiger partial charge on any atom is -0.352 e. The lowest BCUT2D eigenvalue weighted by Crippen LogP contribution is -2.31. The zero-order valence-electron chi connectivity index (χ0n) is 9.26. The Morgan fingerprint density at radius 2 is 1.85 bits per heavy atom. The van der Waals surface area contributed by atoms with Crippen LogP contribution >= 0.6 is 17.3 Å². The molecule has 0 heterocycles. The molecule has 1 aromatic carbocycles. The zero-order valence-corrected chi connectivity index (χ0v) is 11.2. The minimum atomic E-state index is -5.10. The van der Waals surface area contributed by atoms with E-state index in [2.05, 4.69) is 9.05 Å². The van der Waals surface area contributed by atoms with Gasteiger partial charge in [-0.05, 0) is 22.7 Å². The maximum absolute atomic E-state index is 12.9. The van der Waals surface area contributed by atoms with E-state index in [0.717, 1.165) is 0 Å². The second-order valence-electron chi connectivity index (χ2n) is 3.29. The van der Waals surface area contributed by atoms with Gasteiger partial charge in [-0.15, -0.1) is 4.89 Å². The number of rotatable bonds is 5. The number of aliphatic hydroxyl groups is 1. The number of hydrogen-bond acceptors (Lipinski definition) is 5. The summed E-state index contributed by atoms with van der Waals surface area (Å²) in [5.41, 5.74) is -2.86. The summed E-state index contributed by atoms with van der Waals surface area (Å²) in [7, 11) is -5.14. The summed E-state index contributed by atoms with van der Waals surface area (Å²) in [6.45, 7) is 0. The molecule has 1 rings (SSSR count). The van der Waals surface area contributed by atoms with Gasteiger partial charge in [-0.2, -0.15) is 13.2 Å². The van der Waals surface area contributed by atoms with Crippen molar-refractivity contribution >= 4 is 17.3 Å². The average molecular weight is 337 g/mol. The van der Waals surface area contributed by atoms with Gasteiger partial charge < -0.3 is 10.00 Å². The van der Waals surface area contributed by atoms with Crippen LogP contribution in [-0.2, 0) is 25.8 Å². The first-order valence-electron chi connectivity index (χ1n) is 4.62. The van der Waals surface area contributed by atoms with Gasteiger partial charge in [-0.1, -0.05) is 0 Å². The zero-order chi connectivity index (χ0) is 15.6. The Bertz CT molecular complexity index is 510. The van der Waals surface area contributed by atoms with Gasteiger partial charge in [0, 0.05) is 4.57 Å². The lowest BCUT2D eigenvalue weighted by molar-refractivity contribution is -0.285. The Hall–Kier alpha value is -0.730. The fraction of sp³-hybridized carbons (Fsp3) is 0.250. The highest BCUT2D eigenvalue weighted by Gasteiger charge is 2.48. The second kappa shape index (κ2) is 6.36. The van der Waals surface area contributed by atoms with Crippen LogP contribution in [0.3, 0.4) is 0 Å². The molecule has 0 aliphatic rings. The van der Waals surface area contributed by atoms with E-state index >= 15 is 0 Å². The third kappa shape index (κ3) is 4.13. The van der Waals surface area contributed by atoms with Crippen molar-refractivity contribution in [2.75, 3.05) is 0 Å². The quantitative estimate of drug-likeness (QED) is 0.433. The van der Waals surface area contributed by atoms with E-state index < -0.39 is 46.4 Å². The molecule has 0 spiro atoms. The first-order chi connectivity index (χ1) is 9.10. The highest BCUT2D eigenvalue weighted by molar-refractivity contribution is 7.32. The maximum Gasteiger partial charge on any atom is 0.700 e. The van der Waals surface area contributed by atoms with Crippen molar-refractivity contribution in [1.29, 1.82) is 0 Å². The molecule has 0 amide bonds. The van der Waals surface area contributed by atoms with Crippen LogP contribution in [0.5, 0.6) is 0 Å². The summed E-state index contributed by atoms with van der Waals surface area (Å²) >= 11 is 0. The van der Waals surface area contributed by atoms with Crippen LogP contribution < -0.4 is 0 Å². The number of hydrogen-bond donors (Lipinski definition) is 3. The van der Waals surface area contributed by atoms with Crippen LogP contribution in [-0.4, -0.2) is 14.9 Å². The molecule has 20 heavy (non-hydrogen) atoms. The Morgan fingerprint density at radius 1 is 1.25 bits per heavy atom. The van der Waals surface area contributed by atoms with E-state index in [-0.39, 0.29) is 6.07 Å². The Balaban J connectivity index is 3.44. The van der Waals surface area contributed by atoms with E-state index in [1.54, 1.807) is 0 Å². The Kier molecular flexibility index (Phi) is 5.51. The monoisotopic (exact) mass is 337 g/mol. The van der Waals surface area contributed by atoms with E-state index in [1.165, 1.54) is 0 Å².